The van der Waals surface area contributed by atoms with E-state index < -0.39 is 0 Å². The van der Waals surface area contributed by atoms with Gasteiger partial charge < -0.3 is 9.84 Å². The summed E-state index contributed by atoms with van der Waals surface area (Å²) in [6.07, 6.45) is 2.47. The quantitative estimate of drug-likeness (QED) is 0.754. The van der Waals surface area contributed by atoms with Crippen molar-refractivity contribution in [3.05, 3.63) is 11.7 Å². The van der Waals surface area contributed by atoms with E-state index in [-0.39, 0.29) is 0 Å². The van der Waals surface area contributed by atoms with Gasteiger partial charge in [0.15, 0.2) is 5.82 Å². The minimum atomic E-state index is 0.591. The topological polar surface area (TPSA) is 51.0 Å². The molecular formula is C10H13N3O. The van der Waals surface area contributed by atoms with Crippen molar-refractivity contribution in [3.63, 3.8) is 0 Å². The van der Waals surface area contributed by atoms with Crippen LogP contribution in [0, 0.1) is 11.8 Å². The van der Waals surface area contributed by atoms with E-state index in [0.717, 1.165) is 36.6 Å². The molecular weight excluding hydrogens is 178 g/mol. The third-order valence-electron chi connectivity index (χ3n) is 3.77. The summed E-state index contributed by atoms with van der Waals surface area (Å²) in [5.41, 5.74) is 0. The van der Waals surface area contributed by atoms with E-state index in [1.54, 1.807) is 0 Å². The molecule has 2 atom stereocenters. The lowest BCUT2D eigenvalue weighted by atomic mass is 10.2. The monoisotopic (exact) mass is 191 g/mol. The van der Waals surface area contributed by atoms with Gasteiger partial charge in [-0.3, -0.25) is 0 Å². The van der Waals surface area contributed by atoms with Crippen molar-refractivity contribution in [1.29, 1.82) is 0 Å². The molecule has 2 aliphatic carbocycles. The summed E-state index contributed by atoms with van der Waals surface area (Å²) in [5.74, 6) is 4.64. The zero-order valence-corrected chi connectivity index (χ0v) is 7.94. The van der Waals surface area contributed by atoms with Gasteiger partial charge in [0.1, 0.15) is 0 Å². The minimum Gasteiger partial charge on any atom is -0.339 e. The lowest BCUT2D eigenvalue weighted by Gasteiger charge is -1.97. The normalized spacial score (nSPS) is 39.9. The number of hydrogen-bond donors (Lipinski definition) is 1. The van der Waals surface area contributed by atoms with Crippen molar-refractivity contribution in [2.24, 2.45) is 11.8 Å². The second-order valence-electron chi connectivity index (χ2n) is 4.78. The number of aromatic nitrogens is 2. The van der Waals surface area contributed by atoms with Crippen LogP contribution < -0.4 is 5.32 Å². The second-order valence-corrected chi connectivity index (χ2v) is 4.78. The Morgan fingerprint density at radius 1 is 1.21 bits per heavy atom. The SMILES string of the molecule is C1CC1c1nc(C2C3CNCC32)no1. The van der Waals surface area contributed by atoms with Gasteiger partial charge in [-0.05, 0) is 37.8 Å². The van der Waals surface area contributed by atoms with Crippen LogP contribution in [0.25, 0.3) is 0 Å². The maximum atomic E-state index is 5.27. The fraction of sp³-hybridized carbons (Fsp3) is 0.800. The van der Waals surface area contributed by atoms with Gasteiger partial charge in [0.05, 0.1) is 0 Å². The van der Waals surface area contributed by atoms with E-state index in [1.807, 2.05) is 0 Å². The molecule has 4 nitrogen and oxygen atoms in total. The number of nitrogens with zero attached hydrogens (tertiary/aromatic N) is 2. The van der Waals surface area contributed by atoms with E-state index in [9.17, 15) is 0 Å². The van der Waals surface area contributed by atoms with Gasteiger partial charge >= 0.3 is 0 Å². The van der Waals surface area contributed by atoms with Crippen LogP contribution in [0.2, 0.25) is 0 Å². The van der Waals surface area contributed by atoms with Crippen molar-refractivity contribution >= 4 is 0 Å². The van der Waals surface area contributed by atoms with Gasteiger partial charge in [0.25, 0.3) is 0 Å². The van der Waals surface area contributed by atoms with E-state index in [0.29, 0.717) is 11.8 Å². The molecule has 4 heteroatoms. The maximum Gasteiger partial charge on any atom is 0.229 e. The molecule has 0 spiro atoms. The predicted molar refractivity (Wildman–Crippen MR) is 48.9 cm³/mol. The predicted octanol–water partition coefficient (Wildman–Crippen LogP) is 0.880. The van der Waals surface area contributed by atoms with Gasteiger partial charge in [-0.2, -0.15) is 4.98 Å². The molecule has 3 aliphatic rings. The highest BCUT2D eigenvalue weighted by atomic mass is 16.5. The first kappa shape index (κ1) is 7.40. The fourth-order valence-electron chi connectivity index (χ4n) is 2.68. The van der Waals surface area contributed by atoms with E-state index in [2.05, 4.69) is 15.5 Å². The number of hydrogen-bond acceptors (Lipinski definition) is 4. The summed E-state index contributed by atoms with van der Waals surface area (Å²) < 4.78 is 5.27. The molecule has 2 heterocycles. The van der Waals surface area contributed by atoms with Crippen LogP contribution in [-0.4, -0.2) is 23.2 Å². The smallest absolute Gasteiger partial charge is 0.229 e. The molecule has 1 N–H and O–H groups in total. The lowest BCUT2D eigenvalue weighted by Crippen LogP contribution is -2.14. The van der Waals surface area contributed by atoms with Gasteiger partial charge in [0, 0.05) is 11.8 Å². The molecule has 0 radical (unpaired) electrons. The van der Waals surface area contributed by atoms with Crippen LogP contribution >= 0.6 is 0 Å². The molecule has 3 fully saturated rings. The van der Waals surface area contributed by atoms with Crippen molar-refractivity contribution < 1.29 is 4.52 Å². The summed E-state index contributed by atoms with van der Waals surface area (Å²) >= 11 is 0. The van der Waals surface area contributed by atoms with E-state index in [4.69, 9.17) is 4.52 Å². The fourth-order valence-corrected chi connectivity index (χ4v) is 2.68. The Bertz CT molecular complexity index is 361. The molecule has 2 unspecified atom stereocenters. The van der Waals surface area contributed by atoms with Crippen LogP contribution in [0.15, 0.2) is 4.52 Å². The summed E-state index contributed by atoms with van der Waals surface area (Å²) in [4.78, 5) is 4.51. The Morgan fingerprint density at radius 2 is 2.00 bits per heavy atom. The number of piperidine rings is 1. The molecule has 1 saturated heterocycles. The highest BCUT2D eigenvalue weighted by Gasteiger charge is 2.56. The van der Waals surface area contributed by atoms with Crippen molar-refractivity contribution in [2.45, 2.75) is 24.7 Å². The third kappa shape index (κ3) is 0.919. The van der Waals surface area contributed by atoms with Crippen molar-refractivity contribution in [3.8, 4) is 0 Å². The lowest BCUT2D eigenvalue weighted by molar-refractivity contribution is 0.372. The molecule has 74 valence electrons. The first-order chi connectivity index (χ1) is 6.93. The zero-order chi connectivity index (χ0) is 9.12. The maximum absolute atomic E-state index is 5.27. The molecule has 1 aliphatic heterocycles. The van der Waals surface area contributed by atoms with Gasteiger partial charge in [0.2, 0.25) is 5.89 Å². The average Bonchev–Trinajstić information content (AvgIpc) is 3.07. The van der Waals surface area contributed by atoms with Crippen LogP contribution in [0.5, 0.6) is 0 Å². The van der Waals surface area contributed by atoms with E-state index >= 15 is 0 Å². The van der Waals surface area contributed by atoms with Gasteiger partial charge in [-0.15, -0.1) is 0 Å². The van der Waals surface area contributed by atoms with Gasteiger partial charge in [-0.25, -0.2) is 0 Å². The molecule has 0 bridgehead atoms. The molecule has 14 heavy (non-hydrogen) atoms. The number of nitrogens with one attached hydrogen (secondary N) is 1. The summed E-state index contributed by atoms with van der Waals surface area (Å²) in [7, 11) is 0. The Morgan fingerprint density at radius 3 is 2.71 bits per heavy atom. The van der Waals surface area contributed by atoms with Crippen LogP contribution in [0.3, 0.4) is 0 Å². The van der Waals surface area contributed by atoms with Crippen molar-refractivity contribution in [1.82, 2.24) is 15.5 Å². The molecule has 4 rings (SSSR count). The van der Waals surface area contributed by atoms with Crippen LogP contribution in [0.4, 0.5) is 0 Å². The molecule has 0 aromatic carbocycles. The molecule has 1 aromatic rings. The standard InChI is InChI=1S/C10H13N3O/c1-2-5(1)10-12-9(13-14-10)8-6-3-11-4-7(6)8/h5-8,11H,1-4H2. The Labute approximate surface area is 82.1 Å². The molecule has 2 saturated carbocycles. The third-order valence-corrected chi connectivity index (χ3v) is 3.77. The van der Waals surface area contributed by atoms with Crippen LogP contribution in [-0.2, 0) is 0 Å². The van der Waals surface area contributed by atoms with Crippen molar-refractivity contribution in [2.75, 3.05) is 13.1 Å². The molecule has 1 aromatic heterocycles. The van der Waals surface area contributed by atoms with Crippen LogP contribution in [0.1, 0.15) is 36.4 Å². The number of fused-ring (bicyclic) bond motifs is 1. The zero-order valence-electron chi connectivity index (χ0n) is 7.94. The summed E-state index contributed by atoms with van der Waals surface area (Å²) in [5, 5.41) is 7.49. The highest BCUT2D eigenvalue weighted by molar-refractivity contribution is 5.19. The Hall–Kier alpha value is -0.900. The largest absolute Gasteiger partial charge is 0.339 e. The Balaban J connectivity index is 1.58. The number of rotatable bonds is 2. The molecule has 0 amide bonds. The first-order valence-electron chi connectivity index (χ1n) is 5.47. The minimum absolute atomic E-state index is 0.591. The average molecular weight is 191 g/mol. The van der Waals surface area contributed by atoms with E-state index in [1.165, 1.54) is 12.8 Å². The van der Waals surface area contributed by atoms with Gasteiger partial charge in [-0.1, -0.05) is 5.16 Å². The summed E-state index contributed by atoms with van der Waals surface area (Å²) in [6.45, 7) is 2.28. The Kier molecular flexibility index (Phi) is 1.25. The second kappa shape index (κ2) is 2.37. The summed E-state index contributed by atoms with van der Waals surface area (Å²) in [6, 6.07) is 0. The first-order valence-corrected chi connectivity index (χ1v) is 5.47. The highest BCUT2D eigenvalue weighted by Crippen LogP contribution is 2.55.